The largest absolute Gasteiger partial charge is 0.357 e. The average Bonchev–Trinajstić information content (AvgIpc) is 3.41. The van der Waals surface area contributed by atoms with Crippen LogP contribution in [0, 0.1) is 5.41 Å². The minimum Gasteiger partial charge on any atom is -0.357 e. The molecule has 1 aromatic heterocycles. The summed E-state index contributed by atoms with van der Waals surface area (Å²) in [6.45, 7) is 2.29. The van der Waals surface area contributed by atoms with E-state index in [1.54, 1.807) is 12.1 Å². The molecule has 6 nitrogen and oxygen atoms in total. The Labute approximate surface area is 179 Å². The molecular weight excluding hydrogens is 408 g/mol. The zero-order valence-electron chi connectivity index (χ0n) is 15.9. The number of amides is 1. The Morgan fingerprint density at radius 2 is 1.97 bits per heavy atom. The summed E-state index contributed by atoms with van der Waals surface area (Å²) in [7, 11) is 0. The van der Waals surface area contributed by atoms with Crippen molar-refractivity contribution < 1.29 is 9.63 Å². The maximum absolute atomic E-state index is 12.1. The first-order valence-electron chi connectivity index (χ1n) is 9.71. The predicted octanol–water partition coefficient (Wildman–Crippen LogP) is 3.89. The van der Waals surface area contributed by atoms with Gasteiger partial charge in [0, 0.05) is 18.7 Å². The Balaban J connectivity index is 1.34. The maximum atomic E-state index is 12.1. The van der Waals surface area contributed by atoms with Gasteiger partial charge in [-0.15, -0.1) is 11.3 Å². The number of halogens is 1. The highest BCUT2D eigenvalue weighted by Crippen LogP contribution is 2.22. The molecule has 0 saturated carbocycles. The molecule has 2 aliphatic rings. The average molecular weight is 431 g/mol. The van der Waals surface area contributed by atoms with Crippen molar-refractivity contribution in [2.24, 2.45) is 0 Å². The summed E-state index contributed by atoms with van der Waals surface area (Å²) >= 11 is 7.12. The van der Waals surface area contributed by atoms with Gasteiger partial charge in [-0.3, -0.25) is 20.5 Å². The van der Waals surface area contributed by atoms with Crippen LogP contribution in [0.1, 0.15) is 40.1 Å². The van der Waals surface area contributed by atoms with Crippen LogP contribution in [0.4, 0.5) is 0 Å². The van der Waals surface area contributed by atoms with E-state index in [9.17, 15) is 4.79 Å². The number of thiophene rings is 1. The zero-order chi connectivity index (χ0) is 20.2. The number of hydrogen-bond donors (Lipinski definition) is 3. The topological polar surface area (TPSA) is 77.5 Å². The highest BCUT2D eigenvalue weighted by molar-refractivity contribution is 7.17. The fourth-order valence-electron chi connectivity index (χ4n) is 3.47. The molecule has 1 aromatic carbocycles. The number of benzene rings is 1. The number of hydroxylamine groups is 1. The molecule has 0 aliphatic carbocycles. The summed E-state index contributed by atoms with van der Waals surface area (Å²) in [5.74, 6) is 0.433. The molecule has 1 fully saturated rings. The number of nitrogens with zero attached hydrogens (tertiary/aromatic N) is 1. The van der Waals surface area contributed by atoms with Crippen molar-refractivity contribution in [2.75, 3.05) is 19.6 Å². The van der Waals surface area contributed by atoms with Gasteiger partial charge in [-0.05, 0) is 43.0 Å². The minimum absolute atomic E-state index is 0.159. The van der Waals surface area contributed by atoms with Gasteiger partial charge in [0.25, 0.3) is 5.91 Å². The van der Waals surface area contributed by atoms with Crippen LogP contribution in [0.5, 0.6) is 0 Å². The highest BCUT2D eigenvalue weighted by atomic mass is 35.5. The number of likely N-dealkylation sites (tertiary alicyclic amines) is 1. The van der Waals surface area contributed by atoms with Gasteiger partial charge in [-0.25, -0.2) is 0 Å². The highest BCUT2D eigenvalue weighted by Gasteiger charge is 2.20. The smallest absolute Gasteiger partial charge is 0.261 e. The number of rotatable bonds is 5. The molecule has 3 heterocycles. The second-order valence-corrected chi connectivity index (χ2v) is 8.84. The van der Waals surface area contributed by atoms with Gasteiger partial charge in [-0.1, -0.05) is 35.9 Å². The Morgan fingerprint density at radius 3 is 2.66 bits per heavy atom. The molecule has 2 aliphatic heterocycles. The van der Waals surface area contributed by atoms with Crippen LogP contribution in [0.15, 0.2) is 42.5 Å². The lowest BCUT2D eigenvalue weighted by atomic mass is 10.1. The normalized spacial score (nSPS) is 18.9. The summed E-state index contributed by atoms with van der Waals surface area (Å²) < 4.78 is 0.591. The van der Waals surface area contributed by atoms with E-state index in [1.807, 2.05) is 30.3 Å². The molecule has 152 valence electrons. The summed E-state index contributed by atoms with van der Waals surface area (Å²) in [6.07, 6.45) is 5.27. The molecule has 29 heavy (non-hydrogen) atoms. The third-order valence-electron chi connectivity index (χ3n) is 5.08. The molecule has 8 heteroatoms. The lowest BCUT2D eigenvalue weighted by Crippen LogP contribution is -2.35. The molecule has 0 radical (unpaired) electrons. The molecule has 1 saturated heterocycles. The van der Waals surface area contributed by atoms with Crippen LogP contribution in [0.2, 0.25) is 4.34 Å². The Kier molecular flexibility index (Phi) is 6.18. The fraction of sp³-hybridized carbons (Fsp3) is 0.333. The molecule has 1 amide bonds. The predicted molar refractivity (Wildman–Crippen MR) is 116 cm³/mol. The number of carbonyl (C=O) groups is 1. The van der Waals surface area contributed by atoms with Gasteiger partial charge in [0.1, 0.15) is 11.9 Å². The van der Waals surface area contributed by atoms with Gasteiger partial charge < -0.3 is 10.2 Å². The van der Waals surface area contributed by atoms with Crippen molar-refractivity contribution in [3.63, 3.8) is 0 Å². The summed E-state index contributed by atoms with van der Waals surface area (Å²) in [6, 6.07) is 11.4. The quantitative estimate of drug-likeness (QED) is 0.496. The Bertz CT molecular complexity index is 919. The van der Waals surface area contributed by atoms with Crippen LogP contribution in [-0.2, 0) is 4.84 Å². The summed E-state index contributed by atoms with van der Waals surface area (Å²) in [5, 5.41) is 11.3. The van der Waals surface area contributed by atoms with E-state index in [0.717, 1.165) is 42.8 Å². The first kappa shape index (κ1) is 19.9. The Hall–Kier alpha value is -2.35. The molecule has 4 rings (SSSR count). The van der Waals surface area contributed by atoms with Crippen molar-refractivity contribution in [1.29, 1.82) is 5.41 Å². The van der Waals surface area contributed by atoms with Crippen LogP contribution in [-0.4, -0.2) is 42.4 Å². The SMILES string of the molecule is N=C(c1ccc(C2=CC(CNC(=O)c3ccc(Cl)s3)ON2)cc1)N1CCCCC1. The lowest BCUT2D eigenvalue weighted by Gasteiger charge is -2.29. The van der Waals surface area contributed by atoms with Crippen LogP contribution in [0.3, 0.4) is 0 Å². The van der Waals surface area contributed by atoms with Crippen molar-refractivity contribution >= 4 is 40.4 Å². The number of amidine groups is 1. The van der Waals surface area contributed by atoms with E-state index in [4.69, 9.17) is 21.8 Å². The monoisotopic (exact) mass is 430 g/mol. The second-order valence-electron chi connectivity index (χ2n) is 7.13. The van der Waals surface area contributed by atoms with Crippen molar-refractivity contribution in [1.82, 2.24) is 15.7 Å². The lowest BCUT2D eigenvalue weighted by molar-refractivity contribution is 0.0499. The van der Waals surface area contributed by atoms with E-state index >= 15 is 0 Å². The van der Waals surface area contributed by atoms with E-state index in [-0.39, 0.29) is 12.0 Å². The molecular formula is C21H23ClN4O2S. The van der Waals surface area contributed by atoms with Gasteiger partial charge in [0.05, 0.1) is 21.5 Å². The number of nitrogens with one attached hydrogen (secondary N) is 3. The molecule has 0 spiro atoms. The van der Waals surface area contributed by atoms with Crippen molar-refractivity contribution in [3.05, 3.63) is 62.8 Å². The number of hydrogen-bond acceptors (Lipinski definition) is 5. The van der Waals surface area contributed by atoms with E-state index in [1.165, 1.54) is 17.8 Å². The van der Waals surface area contributed by atoms with Crippen LogP contribution >= 0.6 is 22.9 Å². The zero-order valence-corrected chi connectivity index (χ0v) is 17.5. The summed E-state index contributed by atoms with van der Waals surface area (Å²) in [4.78, 5) is 20.4. The molecule has 1 atom stereocenters. The Morgan fingerprint density at radius 1 is 1.21 bits per heavy atom. The second kappa shape index (κ2) is 8.98. The van der Waals surface area contributed by atoms with Crippen LogP contribution < -0.4 is 10.8 Å². The fourth-order valence-corrected chi connectivity index (χ4v) is 4.43. The van der Waals surface area contributed by atoms with Gasteiger partial charge >= 0.3 is 0 Å². The third-order valence-corrected chi connectivity index (χ3v) is 6.31. The van der Waals surface area contributed by atoms with E-state index < -0.39 is 0 Å². The van der Waals surface area contributed by atoms with E-state index in [2.05, 4.69) is 15.7 Å². The van der Waals surface area contributed by atoms with Crippen molar-refractivity contribution in [2.45, 2.75) is 25.4 Å². The van der Waals surface area contributed by atoms with Gasteiger partial charge in [-0.2, -0.15) is 0 Å². The molecule has 3 N–H and O–H groups in total. The summed E-state index contributed by atoms with van der Waals surface area (Å²) in [5.41, 5.74) is 5.70. The molecule has 2 aromatic rings. The molecule has 1 unspecified atom stereocenters. The standard InChI is InChI=1S/C21H23ClN4O2S/c22-19-9-8-18(29-19)21(27)24-13-16-12-17(25-28-16)14-4-6-15(7-5-14)20(23)26-10-2-1-3-11-26/h4-9,12,16,23,25H,1-3,10-11,13H2,(H,24,27). The maximum Gasteiger partial charge on any atom is 0.261 e. The van der Waals surface area contributed by atoms with Crippen molar-refractivity contribution in [3.8, 4) is 0 Å². The van der Waals surface area contributed by atoms with Gasteiger partial charge in [0.2, 0.25) is 0 Å². The molecule has 0 bridgehead atoms. The third kappa shape index (κ3) is 4.80. The number of piperidine rings is 1. The van der Waals surface area contributed by atoms with E-state index in [0.29, 0.717) is 21.6 Å². The first-order valence-corrected chi connectivity index (χ1v) is 10.9. The van der Waals surface area contributed by atoms with Crippen LogP contribution in [0.25, 0.3) is 5.70 Å². The first-order chi connectivity index (χ1) is 14.1. The minimum atomic E-state index is -0.254. The number of carbonyl (C=O) groups excluding carboxylic acids is 1. The van der Waals surface area contributed by atoms with Gasteiger partial charge in [0.15, 0.2) is 0 Å².